The number of carboxylic acids is 1. The van der Waals surface area contributed by atoms with Crippen LogP contribution in [0.1, 0.15) is 33.5 Å². The largest absolute Gasteiger partial charge is 0.477 e. The fraction of sp³-hybridized carbons (Fsp3) is 0.250. The van der Waals surface area contributed by atoms with Gasteiger partial charge in [0.1, 0.15) is 0 Å². The molecule has 0 aliphatic carbocycles. The SMILES string of the molecule is CCc1nc2sc(C)c(-c3ccc(Cl)c(C)c3)n2c1C(=O)O. The summed E-state index contributed by atoms with van der Waals surface area (Å²) in [6.45, 7) is 5.84. The predicted molar refractivity (Wildman–Crippen MR) is 89.3 cm³/mol. The molecule has 22 heavy (non-hydrogen) atoms. The van der Waals surface area contributed by atoms with E-state index in [0.717, 1.165) is 21.7 Å². The molecule has 114 valence electrons. The van der Waals surface area contributed by atoms with E-state index in [1.165, 1.54) is 11.3 Å². The van der Waals surface area contributed by atoms with E-state index in [1.54, 1.807) is 4.40 Å². The van der Waals surface area contributed by atoms with Crippen molar-refractivity contribution >= 4 is 33.9 Å². The normalized spacial score (nSPS) is 11.3. The molecule has 0 aliphatic heterocycles. The van der Waals surface area contributed by atoms with Crippen LogP contribution in [0.15, 0.2) is 18.2 Å². The third-order valence-corrected chi connectivity index (χ3v) is 5.07. The summed E-state index contributed by atoms with van der Waals surface area (Å²) in [5.41, 5.74) is 3.67. The lowest BCUT2D eigenvalue weighted by Gasteiger charge is -2.07. The smallest absolute Gasteiger partial charge is 0.354 e. The van der Waals surface area contributed by atoms with Crippen LogP contribution in [0.25, 0.3) is 16.2 Å². The van der Waals surface area contributed by atoms with E-state index in [4.69, 9.17) is 11.6 Å². The Morgan fingerprint density at radius 3 is 2.73 bits per heavy atom. The Morgan fingerprint density at radius 1 is 1.41 bits per heavy atom. The number of halogens is 1. The predicted octanol–water partition coefficient (Wildman–Crippen LogP) is 4.59. The maximum Gasteiger partial charge on any atom is 0.354 e. The summed E-state index contributed by atoms with van der Waals surface area (Å²) < 4.78 is 1.75. The first-order chi connectivity index (χ1) is 10.4. The molecule has 0 fully saturated rings. The zero-order chi connectivity index (χ0) is 16.0. The number of hydrogen-bond donors (Lipinski definition) is 1. The average molecular weight is 335 g/mol. The van der Waals surface area contributed by atoms with Gasteiger partial charge >= 0.3 is 5.97 Å². The molecule has 0 saturated heterocycles. The molecule has 0 atom stereocenters. The van der Waals surface area contributed by atoms with Gasteiger partial charge in [-0.05, 0) is 38.0 Å². The van der Waals surface area contributed by atoms with Gasteiger partial charge in [0, 0.05) is 15.5 Å². The topological polar surface area (TPSA) is 54.6 Å². The number of aryl methyl sites for hydroxylation is 3. The number of hydrogen-bond acceptors (Lipinski definition) is 3. The average Bonchev–Trinajstić information content (AvgIpc) is 2.95. The van der Waals surface area contributed by atoms with Crippen molar-refractivity contribution in [2.45, 2.75) is 27.2 Å². The van der Waals surface area contributed by atoms with Gasteiger partial charge in [-0.25, -0.2) is 9.78 Å². The Kier molecular flexibility index (Phi) is 3.70. The Labute approximate surface area is 137 Å². The number of carbonyl (C=O) groups is 1. The van der Waals surface area contributed by atoms with Crippen molar-refractivity contribution < 1.29 is 9.90 Å². The van der Waals surface area contributed by atoms with Gasteiger partial charge in [0.2, 0.25) is 0 Å². The van der Waals surface area contributed by atoms with Crippen LogP contribution in [0, 0.1) is 13.8 Å². The summed E-state index contributed by atoms with van der Waals surface area (Å²) in [6, 6.07) is 5.74. The molecule has 0 aliphatic rings. The molecule has 2 heterocycles. The zero-order valence-electron chi connectivity index (χ0n) is 12.5. The van der Waals surface area contributed by atoms with Crippen LogP contribution in [0.5, 0.6) is 0 Å². The number of aromatic carboxylic acids is 1. The summed E-state index contributed by atoms with van der Waals surface area (Å²) in [5, 5.41) is 10.3. The van der Waals surface area contributed by atoms with Crippen LogP contribution in [-0.2, 0) is 6.42 Å². The molecule has 3 rings (SSSR count). The minimum absolute atomic E-state index is 0.254. The molecule has 4 nitrogen and oxygen atoms in total. The van der Waals surface area contributed by atoms with Crippen LogP contribution in [0.3, 0.4) is 0 Å². The van der Waals surface area contributed by atoms with Crippen molar-refractivity contribution in [2.75, 3.05) is 0 Å². The highest BCUT2D eigenvalue weighted by molar-refractivity contribution is 7.17. The second-order valence-electron chi connectivity index (χ2n) is 5.15. The van der Waals surface area contributed by atoms with Gasteiger partial charge in [0.15, 0.2) is 10.7 Å². The molecular weight excluding hydrogens is 320 g/mol. The van der Waals surface area contributed by atoms with Crippen LogP contribution in [-0.4, -0.2) is 20.5 Å². The molecule has 1 N–H and O–H groups in total. The monoisotopic (exact) mass is 334 g/mol. The van der Waals surface area contributed by atoms with Gasteiger partial charge in [-0.15, -0.1) is 11.3 Å². The van der Waals surface area contributed by atoms with Crippen LogP contribution in [0.2, 0.25) is 5.02 Å². The molecular formula is C16H15ClN2O2S. The summed E-state index contributed by atoms with van der Waals surface area (Å²) in [7, 11) is 0. The minimum atomic E-state index is -0.950. The van der Waals surface area contributed by atoms with Gasteiger partial charge in [-0.2, -0.15) is 0 Å². The third kappa shape index (κ3) is 2.21. The first-order valence-electron chi connectivity index (χ1n) is 6.94. The van der Waals surface area contributed by atoms with E-state index >= 15 is 0 Å². The summed E-state index contributed by atoms with van der Waals surface area (Å²) >= 11 is 7.60. The van der Waals surface area contributed by atoms with Crippen LogP contribution in [0.4, 0.5) is 0 Å². The number of rotatable bonds is 3. The third-order valence-electron chi connectivity index (χ3n) is 3.69. The van der Waals surface area contributed by atoms with E-state index in [1.807, 2.05) is 39.0 Å². The lowest BCUT2D eigenvalue weighted by molar-refractivity contribution is 0.0688. The van der Waals surface area contributed by atoms with Crippen LogP contribution >= 0.6 is 22.9 Å². The second-order valence-corrected chi connectivity index (χ2v) is 6.74. The molecule has 3 aromatic rings. The fourth-order valence-corrected chi connectivity index (χ4v) is 3.78. The molecule has 0 spiro atoms. The van der Waals surface area contributed by atoms with E-state index in [-0.39, 0.29) is 5.69 Å². The summed E-state index contributed by atoms with van der Waals surface area (Å²) in [4.78, 5) is 17.9. The minimum Gasteiger partial charge on any atom is -0.477 e. The maximum absolute atomic E-state index is 11.7. The van der Waals surface area contributed by atoms with Crippen molar-refractivity contribution in [3.63, 3.8) is 0 Å². The Bertz CT molecular complexity index is 895. The van der Waals surface area contributed by atoms with Gasteiger partial charge < -0.3 is 5.11 Å². The number of fused-ring (bicyclic) bond motifs is 1. The van der Waals surface area contributed by atoms with Gasteiger partial charge in [-0.1, -0.05) is 24.6 Å². The quantitative estimate of drug-likeness (QED) is 0.762. The highest BCUT2D eigenvalue weighted by Gasteiger charge is 2.23. The first kappa shape index (κ1) is 15.1. The highest BCUT2D eigenvalue weighted by Crippen LogP contribution is 2.35. The number of aromatic nitrogens is 2. The van der Waals surface area contributed by atoms with Crippen molar-refractivity contribution in [2.24, 2.45) is 0 Å². The van der Waals surface area contributed by atoms with Crippen LogP contribution < -0.4 is 0 Å². The van der Waals surface area contributed by atoms with Gasteiger partial charge in [0.25, 0.3) is 0 Å². The summed E-state index contributed by atoms with van der Waals surface area (Å²) in [5.74, 6) is -0.950. The molecule has 0 radical (unpaired) electrons. The molecule has 0 unspecified atom stereocenters. The van der Waals surface area contributed by atoms with E-state index in [2.05, 4.69) is 4.98 Å². The van der Waals surface area contributed by atoms with Crippen molar-refractivity contribution in [3.05, 3.63) is 45.1 Å². The molecule has 6 heteroatoms. The number of carboxylic acid groups (broad SMARTS) is 1. The molecule has 2 aromatic heterocycles. The van der Waals surface area contributed by atoms with E-state index in [0.29, 0.717) is 22.1 Å². The highest BCUT2D eigenvalue weighted by atomic mass is 35.5. The Morgan fingerprint density at radius 2 is 2.14 bits per heavy atom. The van der Waals surface area contributed by atoms with Crippen molar-refractivity contribution in [3.8, 4) is 11.3 Å². The standard InChI is InChI=1S/C16H15ClN2O2S/c1-4-12-14(15(20)21)19-13(9(3)22-16(19)18-12)10-5-6-11(17)8(2)7-10/h5-7H,4H2,1-3H3,(H,20,21). The number of benzene rings is 1. The summed E-state index contributed by atoms with van der Waals surface area (Å²) in [6.07, 6.45) is 0.591. The Balaban J connectivity index is 2.37. The zero-order valence-corrected chi connectivity index (χ0v) is 14.0. The maximum atomic E-state index is 11.7. The number of imidazole rings is 1. The Hall–Kier alpha value is -1.85. The van der Waals surface area contributed by atoms with Gasteiger partial charge in [0.05, 0.1) is 11.4 Å². The van der Waals surface area contributed by atoms with Crippen molar-refractivity contribution in [1.29, 1.82) is 0 Å². The number of thiazole rings is 1. The van der Waals surface area contributed by atoms with E-state index < -0.39 is 5.97 Å². The van der Waals surface area contributed by atoms with Gasteiger partial charge in [-0.3, -0.25) is 4.40 Å². The van der Waals surface area contributed by atoms with E-state index in [9.17, 15) is 9.90 Å². The second kappa shape index (κ2) is 5.41. The molecule has 0 amide bonds. The first-order valence-corrected chi connectivity index (χ1v) is 8.14. The fourth-order valence-electron chi connectivity index (χ4n) is 2.65. The molecule has 0 saturated carbocycles. The lowest BCUT2D eigenvalue weighted by atomic mass is 10.1. The lowest BCUT2D eigenvalue weighted by Crippen LogP contribution is -2.06. The van der Waals surface area contributed by atoms with Crippen molar-refractivity contribution in [1.82, 2.24) is 9.38 Å². The molecule has 0 bridgehead atoms. The molecule has 1 aromatic carbocycles. The number of nitrogens with zero attached hydrogens (tertiary/aromatic N) is 2.